The molecule has 5 atom stereocenters. The average Bonchev–Trinajstić information content (AvgIpc) is 4.02. The number of benzene rings is 2. The van der Waals surface area contributed by atoms with Crippen molar-refractivity contribution in [2.24, 2.45) is 11.3 Å². The molecule has 3 aliphatic heterocycles. The number of ether oxygens (including phenoxy) is 1. The van der Waals surface area contributed by atoms with E-state index in [1.165, 1.54) is 21.9 Å². The van der Waals surface area contributed by atoms with Gasteiger partial charge in [-0.05, 0) is 103 Å². The molecule has 15 heteroatoms. The van der Waals surface area contributed by atoms with Crippen LogP contribution in [0.1, 0.15) is 97.4 Å². The Labute approximate surface area is 388 Å². The van der Waals surface area contributed by atoms with Crippen LogP contribution in [0.25, 0.3) is 33.3 Å². The molecule has 15 nitrogen and oxygen atoms in total. The van der Waals surface area contributed by atoms with Crippen molar-refractivity contribution in [2.75, 3.05) is 33.8 Å². The Balaban J connectivity index is 1.28. The van der Waals surface area contributed by atoms with Crippen LogP contribution in [-0.4, -0.2) is 123 Å². The summed E-state index contributed by atoms with van der Waals surface area (Å²) in [6.45, 7) is 17.1. The molecule has 2 aromatic carbocycles. The second-order valence-corrected chi connectivity index (χ2v) is 19.9. The molecule has 4 N–H and O–H groups in total. The smallest absolute Gasteiger partial charge is 0.324 e. The highest BCUT2D eigenvalue weighted by Crippen LogP contribution is 2.42. The number of hydrogen-bond acceptors (Lipinski definition) is 10. The predicted molar refractivity (Wildman–Crippen MR) is 254 cm³/mol. The first-order valence-electron chi connectivity index (χ1n) is 23.6. The normalized spacial score (nSPS) is 21.3. The van der Waals surface area contributed by atoms with Crippen LogP contribution in [0.15, 0.2) is 54.7 Å². The van der Waals surface area contributed by atoms with Crippen LogP contribution in [0.2, 0.25) is 0 Å². The number of fused-ring (bicyclic) bond motifs is 6. The minimum atomic E-state index is -1.17. The Bertz CT molecular complexity index is 2500. The quantitative estimate of drug-likeness (QED) is 0.110. The topological polar surface area (TPSA) is 188 Å². The monoisotopic (exact) mass is 905 g/mol. The number of aryl methyl sites for hydroxylation is 1. The molecule has 0 aliphatic carbocycles. The van der Waals surface area contributed by atoms with E-state index in [1.54, 1.807) is 19.2 Å². The fourth-order valence-electron chi connectivity index (χ4n) is 9.83. The lowest BCUT2D eigenvalue weighted by atomic mass is 9.83. The molecular formula is C51H68N8O7. The van der Waals surface area contributed by atoms with Crippen molar-refractivity contribution >= 4 is 40.5 Å². The van der Waals surface area contributed by atoms with Gasteiger partial charge in [0.1, 0.15) is 29.9 Å². The van der Waals surface area contributed by atoms with Gasteiger partial charge in [0.2, 0.25) is 17.7 Å². The van der Waals surface area contributed by atoms with Crippen LogP contribution in [0.3, 0.4) is 0 Å². The first-order valence-corrected chi connectivity index (χ1v) is 23.6. The number of aromatic hydroxyl groups is 1. The molecule has 3 aliphatic rings. The highest BCUT2D eigenvalue weighted by molar-refractivity contribution is 5.96. The lowest BCUT2D eigenvalue weighted by Crippen LogP contribution is -2.62. The summed E-state index contributed by atoms with van der Waals surface area (Å²) in [5.74, 6) is -2.32. The molecule has 0 radical (unpaired) electrons. The summed E-state index contributed by atoms with van der Waals surface area (Å²) in [5, 5.41) is 19.8. The zero-order valence-electron chi connectivity index (χ0n) is 40.2. The third-order valence-corrected chi connectivity index (χ3v) is 13.3. The summed E-state index contributed by atoms with van der Waals surface area (Å²) < 4.78 is 8.44. The van der Waals surface area contributed by atoms with Gasteiger partial charge in [-0.2, -0.15) is 0 Å². The first-order chi connectivity index (χ1) is 31.3. The largest absolute Gasteiger partial charge is 0.508 e. The number of aromatic nitrogens is 2. The van der Waals surface area contributed by atoms with E-state index < -0.39 is 47.2 Å². The highest BCUT2D eigenvalue weighted by atomic mass is 16.5. The molecule has 0 spiro atoms. The summed E-state index contributed by atoms with van der Waals surface area (Å²) >= 11 is 0. The molecule has 354 valence electrons. The molecule has 2 fully saturated rings. The maximum Gasteiger partial charge on any atom is 0.324 e. The molecule has 0 unspecified atom stereocenters. The van der Waals surface area contributed by atoms with E-state index in [2.05, 4.69) is 73.4 Å². The van der Waals surface area contributed by atoms with Crippen LogP contribution in [0.4, 0.5) is 0 Å². The van der Waals surface area contributed by atoms with Crippen molar-refractivity contribution in [1.82, 2.24) is 40.4 Å². The van der Waals surface area contributed by atoms with Crippen molar-refractivity contribution in [3.05, 3.63) is 71.5 Å². The Morgan fingerprint density at radius 3 is 2.47 bits per heavy atom. The first kappa shape index (κ1) is 48.1. The molecule has 6 bridgehead atoms. The predicted octanol–water partition coefficient (Wildman–Crippen LogP) is 5.56. The van der Waals surface area contributed by atoms with Crippen molar-refractivity contribution in [3.8, 4) is 28.1 Å². The molecule has 7 rings (SSSR count). The number of carbonyl (C=O) groups is 5. The van der Waals surface area contributed by atoms with E-state index in [9.17, 15) is 29.1 Å². The molecule has 2 aromatic heterocycles. The average molecular weight is 905 g/mol. The number of nitrogens with zero attached hydrogens (tertiary/aromatic N) is 5. The Kier molecular flexibility index (Phi) is 14.3. The summed E-state index contributed by atoms with van der Waals surface area (Å²) in [6.07, 6.45) is 4.15. The molecule has 0 saturated carbocycles. The molecule has 2 saturated heterocycles. The molecule has 4 aromatic rings. The van der Waals surface area contributed by atoms with Gasteiger partial charge in [0.05, 0.1) is 24.5 Å². The number of phenolic OH excluding ortho intramolecular Hbond substituents is 1. The summed E-state index contributed by atoms with van der Waals surface area (Å²) in [6, 6.07) is 12.4. The van der Waals surface area contributed by atoms with E-state index in [-0.39, 0.29) is 61.7 Å². The van der Waals surface area contributed by atoms with Gasteiger partial charge in [-0.25, -0.2) is 5.43 Å². The zero-order valence-corrected chi connectivity index (χ0v) is 40.2. The number of cyclic esters (lactones) is 1. The molecular weight excluding hydrogens is 837 g/mol. The maximum atomic E-state index is 14.7. The van der Waals surface area contributed by atoms with Gasteiger partial charge in [0.15, 0.2) is 0 Å². The zero-order chi connectivity index (χ0) is 47.8. The second kappa shape index (κ2) is 19.6. The van der Waals surface area contributed by atoms with Crippen LogP contribution in [0, 0.1) is 11.3 Å². The second-order valence-electron chi connectivity index (χ2n) is 19.9. The van der Waals surface area contributed by atoms with Crippen LogP contribution in [-0.2, 0) is 48.1 Å². The van der Waals surface area contributed by atoms with Gasteiger partial charge >= 0.3 is 5.97 Å². The minimum Gasteiger partial charge on any atom is -0.508 e. The number of hydrogen-bond donors (Lipinski definition) is 4. The number of amides is 4. The number of pyridine rings is 1. The Hall–Kier alpha value is -5.80. The number of carbonyl (C=O) groups excluding carboxylic acids is 5. The van der Waals surface area contributed by atoms with Crippen molar-refractivity contribution in [3.63, 3.8) is 0 Å². The fraction of sp³-hybridized carbons (Fsp3) is 0.529. The standard InChI is InChI=1S/C51H68N8O7/c1-11-38-44(53-38)49(64)56(9)27-42(61)57(10)45(30(5)6)47(62)54-40-23-31-21-33(24-34(60)22-31)32-17-18-41-36(25-32)37(46(58(41)12-2)35-15-13-19-52-43(35)29(3)4)26-51(7,8)28-66-50(65)39-16-14-20-59(55-39)48(40)63/h13,15,17-19,21-22,24-25,29-30,38-40,44-45,53,55,60H,11-12,14,16,20,23,26-28H2,1-10H3,(H,54,62)/t38-,39-,40-,44-,45-/m0/s1. The third-order valence-electron chi connectivity index (χ3n) is 13.3. The lowest BCUT2D eigenvalue weighted by molar-refractivity contribution is -0.155. The van der Waals surface area contributed by atoms with E-state index in [0.29, 0.717) is 31.4 Å². The Morgan fingerprint density at radius 2 is 1.79 bits per heavy atom. The number of rotatable bonds is 11. The summed E-state index contributed by atoms with van der Waals surface area (Å²) in [5.41, 5.74) is 10.0. The highest BCUT2D eigenvalue weighted by Gasteiger charge is 2.43. The van der Waals surface area contributed by atoms with Crippen LogP contribution in [0.5, 0.6) is 5.75 Å². The van der Waals surface area contributed by atoms with Crippen LogP contribution < -0.4 is 16.1 Å². The van der Waals surface area contributed by atoms with E-state index in [4.69, 9.17) is 9.72 Å². The maximum absolute atomic E-state index is 14.7. The van der Waals surface area contributed by atoms with Crippen molar-refractivity contribution in [2.45, 2.75) is 130 Å². The SMILES string of the molecule is CC[C@@H]1N[C@@H]1C(=O)N(C)CC(=O)N(C)[C@H](C(=O)N[C@H]1Cc2cc(O)cc(c2)-c2ccc3c(c2)c(c(-c2cccnc2C(C)C)n3CC)CC(C)(C)COC(=O)[C@@H]2CCCN(N2)C1=O)C(C)C. The molecule has 5 heterocycles. The lowest BCUT2D eigenvalue weighted by Gasteiger charge is -2.37. The van der Waals surface area contributed by atoms with Gasteiger partial charge in [0, 0.05) is 67.7 Å². The van der Waals surface area contributed by atoms with E-state index in [0.717, 1.165) is 51.0 Å². The van der Waals surface area contributed by atoms with Gasteiger partial charge in [0.25, 0.3) is 5.91 Å². The number of hydrazine groups is 1. The Morgan fingerprint density at radius 1 is 1.03 bits per heavy atom. The number of esters is 1. The third kappa shape index (κ3) is 10.1. The van der Waals surface area contributed by atoms with Gasteiger partial charge in [-0.3, -0.25) is 39.3 Å². The number of likely N-dealkylation sites (N-methyl/N-ethyl adjacent to an activating group) is 2. The van der Waals surface area contributed by atoms with Gasteiger partial charge in [-0.15, -0.1) is 0 Å². The minimum absolute atomic E-state index is 0.00532. The molecule has 4 amide bonds. The van der Waals surface area contributed by atoms with Gasteiger partial charge < -0.3 is 29.5 Å². The number of nitrogens with one attached hydrogen (secondary N) is 3. The van der Waals surface area contributed by atoms with Crippen molar-refractivity contribution < 1.29 is 33.8 Å². The van der Waals surface area contributed by atoms with Gasteiger partial charge in [-0.1, -0.05) is 60.6 Å². The molecule has 66 heavy (non-hydrogen) atoms. The summed E-state index contributed by atoms with van der Waals surface area (Å²) in [4.78, 5) is 77.3. The number of phenols is 1. The van der Waals surface area contributed by atoms with Crippen LogP contribution >= 0.6 is 0 Å². The van der Waals surface area contributed by atoms with E-state index in [1.807, 2.05) is 45.2 Å². The fourth-order valence-corrected chi connectivity index (χ4v) is 9.83. The summed E-state index contributed by atoms with van der Waals surface area (Å²) in [7, 11) is 3.11. The van der Waals surface area contributed by atoms with Crippen molar-refractivity contribution in [1.29, 1.82) is 0 Å². The van der Waals surface area contributed by atoms with E-state index >= 15 is 0 Å².